The van der Waals surface area contributed by atoms with E-state index in [1.165, 1.54) is 0 Å². The standard InChI is InChI=1S/C5H7NOS2/c6-5(7)4-9-3-1-2-8-9/h1,3-4H,2H2,(H2,6,7). The molecule has 0 spiro atoms. The zero-order valence-electron chi connectivity index (χ0n) is 4.74. The van der Waals surface area contributed by atoms with Gasteiger partial charge in [-0.25, -0.2) is 0 Å². The number of carbonyl (C=O) groups excluding carboxylic acids is 1. The Morgan fingerprint density at radius 2 is 2.67 bits per heavy atom. The minimum absolute atomic E-state index is 0.0208. The molecule has 0 aromatic carbocycles. The average molecular weight is 161 g/mol. The van der Waals surface area contributed by atoms with E-state index >= 15 is 0 Å². The van der Waals surface area contributed by atoms with Crippen LogP contribution in [-0.4, -0.2) is 17.0 Å². The van der Waals surface area contributed by atoms with Gasteiger partial charge in [-0.15, -0.1) is 0 Å². The summed E-state index contributed by atoms with van der Waals surface area (Å²) >= 11 is 0. The lowest BCUT2D eigenvalue weighted by molar-refractivity contribution is -0.111. The van der Waals surface area contributed by atoms with Crippen LogP contribution in [0.3, 0.4) is 0 Å². The summed E-state index contributed by atoms with van der Waals surface area (Å²) < 4.78 is 0. The highest BCUT2D eigenvalue weighted by Gasteiger charge is 1.98. The first-order valence-electron chi connectivity index (χ1n) is 2.45. The molecule has 4 heteroatoms. The molecule has 0 aliphatic carbocycles. The maximum absolute atomic E-state index is 10.3. The molecule has 1 unspecified atom stereocenters. The Morgan fingerprint density at radius 3 is 3.11 bits per heavy atom. The van der Waals surface area contributed by atoms with Gasteiger partial charge in [0.1, 0.15) is 0 Å². The van der Waals surface area contributed by atoms with E-state index in [9.17, 15) is 4.79 Å². The molecule has 0 bridgehead atoms. The van der Waals surface area contributed by atoms with Crippen molar-refractivity contribution in [3.63, 3.8) is 0 Å². The molecule has 9 heavy (non-hydrogen) atoms. The first-order chi connectivity index (χ1) is 4.29. The fourth-order valence-electron chi connectivity index (χ4n) is 0.479. The molecule has 50 valence electrons. The Labute approximate surface area is 59.8 Å². The smallest absolute Gasteiger partial charge is 0.248 e. The average Bonchev–Trinajstić information content (AvgIpc) is 2.15. The summed E-state index contributed by atoms with van der Waals surface area (Å²) in [5, 5.41) is 3.56. The Balaban J connectivity index is 2.61. The Morgan fingerprint density at radius 1 is 1.89 bits per heavy atom. The molecule has 0 radical (unpaired) electrons. The zero-order valence-corrected chi connectivity index (χ0v) is 6.37. The summed E-state index contributed by atoms with van der Waals surface area (Å²) in [5.41, 5.74) is 4.94. The van der Waals surface area contributed by atoms with Gasteiger partial charge in [-0.05, 0) is 5.41 Å². The molecule has 0 saturated carbocycles. The number of carbonyl (C=O) groups is 1. The normalized spacial score (nSPS) is 25.1. The minimum Gasteiger partial charge on any atom is -0.366 e. The Bertz CT molecular complexity index is 185. The van der Waals surface area contributed by atoms with Crippen molar-refractivity contribution >= 4 is 31.6 Å². The van der Waals surface area contributed by atoms with Gasteiger partial charge in [0.2, 0.25) is 5.91 Å². The van der Waals surface area contributed by atoms with E-state index in [4.69, 9.17) is 5.73 Å². The van der Waals surface area contributed by atoms with Crippen molar-refractivity contribution in [1.29, 1.82) is 0 Å². The predicted octanol–water partition coefficient (Wildman–Crippen LogP) is 0.718. The maximum Gasteiger partial charge on any atom is 0.248 e. The van der Waals surface area contributed by atoms with Crippen LogP contribution in [0.2, 0.25) is 0 Å². The summed E-state index contributed by atoms with van der Waals surface area (Å²) in [6, 6.07) is 0. The second-order valence-electron chi connectivity index (χ2n) is 1.51. The van der Waals surface area contributed by atoms with Crippen molar-refractivity contribution < 1.29 is 4.79 Å². The van der Waals surface area contributed by atoms with Crippen molar-refractivity contribution in [3.8, 4) is 0 Å². The SMILES string of the molecule is NC(=O)C=S1C=CCS1. The molecule has 1 aliphatic heterocycles. The number of rotatable bonds is 1. The molecule has 2 N–H and O–H groups in total. The third kappa shape index (κ3) is 2.24. The highest BCUT2D eigenvalue weighted by atomic mass is 33.1. The van der Waals surface area contributed by atoms with Crippen LogP contribution < -0.4 is 5.73 Å². The van der Waals surface area contributed by atoms with Crippen LogP contribution in [0.15, 0.2) is 11.5 Å². The van der Waals surface area contributed by atoms with Crippen molar-refractivity contribution in [3.05, 3.63) is 11.5 Å². The molecule has 1 amide bonds. The van der Waals surface area contributed by atoms with Crippen LogP contribution in [0.5, 0.6) is 0 Å². The molecular formula is C5H7NOS2. The van der Waals surface area contributed by atoms with Gasteiger partial charge in [0.05, 0.1) is 0 Å². The van der Waals surface area contributed by atoms with Crippen LogP contribution >= 0.6 is 20.3 Å². The monoisotopic (exact) mass is 161 g/mol. The van der Waals surface area contributed by atoms with Crippen LogP contribution in [0.25, 0.3) is 0 Å². The van der Waals surface area contributed by atoms with Gasteiger partial charge in [-0.3, -0.25) is 4.79 Å². The molecular weight excluding hydrogens is 154 g/mol. The van der Waals surface area contributed by atoms with E-state index in [0.717, 1.165) is 5.75 Å². The maximum atomic E-state index is 10.3. The largest absolute Gasteiger partial charge is 0.366 e. The number of hydrogen-bond acceptors (Lipinski definition) is 2. The van der Waals surface area contributed by atoms with Gasteiger partial charge in [0.25, 0.3) is 0 Å². The van der Waals surface area contributed by atoms with Gasteiger partial charge in [-0.2, -0.15) is 0 Å². The van der Waals surface area contributed by atoms with E-state index in [1.807, 2.05) is 11.5 Å². The number of amides is 1. The lowest BCUT2D eigenvalue weighted by Gasteiger charge is -1.89. The van der Waals surface area contributed by atoms with Gasteiger partial charge in [0.15, 0.2) is 0 Å². The van der Waals surface area contributed by atoms with Crippen LogP contribution in [0.4, 0.5) is 0 Å². The zero-order chi connectivity index (χ0) is 6.69. The van der Waals surface area contributed by atoms with E-state index < -0.39 is 0 Å². The second kappa shape index (κ2) is 3.08. The van der Waals surface area contributed by atoms with Gasteiger partial charge in [-0.1, -0.05) is 26.4 Å². The highest BCUT2D eigenvalue weighted by Crippen LogP contribution is 2.36. The summed E-state index contributed by atoms with van der Waals surface area (Å²) in [7, 11) is 1.71. The third-order valence-electron chi connectivity index (χ3n) is 0.763. The van der Waals surface area contributed by atoms with Crippen LogP contribution in [0.1, 0.15) is 0 Å². The summed E-state index contributed by atoms with van der Waals surface area (Å²) in [4.78, 5) is 10.3. The first-order valence-corrected chi connectivity index (χ1v) is 5.30. The van der Waals surface area contributed by atoms with Crippen molar-refractivity contribution in [1.82, 2.24) is 0 Å². The van der Waals surface area contributed by atoms with Gasteiger partial charge >= 0.3 is 0 Å². The quantitative estimate of drug-likeness (QED) is 0.455. The topological polar surface area (TPSA) is 43.1 Å². The summed E-state index contributed by atoms with van der Waals surface area (Å²) in [6.07, 6.45) is 2.05. The fourth-order valence-corrected chi connectivity index (χ4v) is 3.34. The number of hydrogen-bond donors (Lipinski definition) is 1. The minimum atomic E-state index is -0.322. The van der Waals surface area contributed by atoms with Gasteiger partial charge in [0, 0.05) is 11.1 Å². The summed E-state index contributed by atoms with van der Waals surface area (Å²) in [6.45, 7) is 0. The second-order valence-corrected chi connectivity index (χ2v) is 5.10. The molecule has 0 saturated heterocycles. The fraction of sp³-hybridized carbons (Fsp3) is 0.200. The predicted molar refractivity (Wildman–Crippen MR) is 44.4 cm³/mol. The van der Waals surface area contributed by atoms with Crippen LogP contribution in [0, 0.1) is 0 Å². The molecule has 0 aromatic heterocycles. The number of nitrogens with two attached hydrogens (primary N) is 1. The molecule has 1 heterocycles. The van der Waals surface area contributed by atoms with E-state index in [0.29, 0.717) is 0 Å². The first kappa shape index (κ1) is 6.89. The third-order valence-corrected chi connectivity index (χ3v) is 4.14. The van der Waals surface area contributed by atoms with E-state index in [2.05, 4.69) is 0 Å². The highest BCUT2D eigenvalue weighted by molar-refractivity contribution is 8.85. The summed E-state index contributed by atoms with van der Waals surface area (Å²) in [5.74, 6) is 0.685. The Kier molecular flexibility index (Phi) is 2.36. The van der Waals surface area contributed by atoms with Gasteiger partial charge < -0.3 is 5.73 Å². The molecule has 1 aliphatic rings. The Hall–Kier alpha value is -0.220. The number of primary amides is 1. The molecule has 0 aromatic rings. The van der Waals surface area contributed by atoms with Crippen LogP contribution in [-0.2, 0) is 4.79 Å². The van der Waals surface area contributed by atoms with Crippen molar-refractivity contribution in [2.24, 2.45) is 5.73 Å². The van der Waals surface area contributed by atoms with E-state index in [1.54, 1.807) is 16.2 Å². The molecule has 1 rings (SSSR count). The van der Waals surface area contributed by atoms with Crippen molar-refractivity contribution in [2.45, 2.75) is 0 Å². The molecule has 2 nitrogen and oxygen atoms in total. The lowest BCUT2D eigenvalue weighted by Crippen LogP contribution is -2.10. The van der Waals surface area contributed by atoms with Crippen molar-refractivity contribution in [2.75, 3.05) is 5.75 Å². The lowest BCUT2D eigenvalue weighted by atomic mass is 10.8. The molecule has 1 atom stereocenters. The molecule has 0 fully saturated rings. The van der Waals surface area contributed by atoms with E-state index in [-0.39, 0.29) is 15.4 Å².